The molecule has 0 fully saturated rings. The second-order valence-corrected chi connectivity index (χ2v) is 8.18. The largest absolute Gasteiger partial charge is 0.348 e. The van der Waals surface area contributed by atoms with Crippen molar-refractivity contribution in [1.29, 1.82) is 0 Å². The quantitative estimate of drug-likeness (QED) is 0.504. The average molecular weight is 414 g/mol. The normalized spacial score (nSPS) is 11.1. The van der Waals surface area contributed by atoms with Gasteiger partial charge in [0.05, 0.1) is 5.56 Å². The van der Waals surface area contributed by atoms with E-state index in [9.17, 15) is 9.59 Å². The van der Waals surface area contributed by atoms with Crippen molar-refractivity contribution < 1.29 is 4.79 Å². The molecule has 5 heteroatoms. The zero-order valence-corrected chi connectivity index (χ0v) is 18.4. The van der Waals surface area contributed by atoms with Gasteiger partial charge in [-0.3, -0.25) is 9.59 Å². The van der Waals surface area contributed by atoms with Crippen LogP contribution in [0.1, 0.15) is 44.1 Å². The number of rotatable bonds is 5. The van der Waals surface area contributed by atoms with Crippen molar-refractivity contribution in [3.05, 3.63) is 104 Å². The van der Waals surface area contributed by atoms with Gasteiger partial charge in [-0.2, -0.15) is 0 Å². The number of benzene rings is 2. The summed E-state index contributed by atoms with van der Waals surface area (Å²) in [5.41, 5.74) is 5.90. The molecule has 0 unspecified atom stereocenters. The number of hydrogen-bond acceptors (Lipinski definition) is 2. The van der Waals surface area contributed by atoms with Gasteiger partial charge < -0.3 is 14.9 Å². The molecule has 31 heavy (non-hydrogen) atoms. The third kappa shape index (κ3) is 4.17. The second kappa shape index (κ2) is 8.26. The predicted octanol–water partition coefficient (Wildman–Crippen LogP) is 4.54. The fourth-order valence-electron chi connectivity index (χ4n) is 4.16. The van der Waals surface area contributed by atoms with E-state index in [2.05, 4.69) is 45.2 Å². The first-order valence-corrected chi connectivity index (χ1v) is 10.5. The Balaban J connectivity index is 1.54. The number of H-pyrrole nitrogens is 1. The molecule has 4 aromatic rings. The highest BCUT2D eigenvalue weighted by atomic mass is 16.1. The van der Waals surface area contributed by atoms with Crippen LogP contribution in [0.5, 0.6) is 0 Å². The van der Waals surface area contributed by atoms with Gasteiger partial charge in [0.15, 0.2) is 0 Å². The smallest absolute Gasteiger partial charge is 0.253 e. The number of aromatic nitrogens is 2. The Labute approximate surface area is 181 Å². The van der Waals surface area contributed by atoms with Crippen molar-refractivity contribution >= 4 is 16.7 Å². The molecular formula is C26H27N3O2. The predicted molar refractivity (Wildman–Crippen MR) is 125 cm³/mol. The molecule has 2 heterocycles. The van der Waals surface area contributed by atoms with Gasteiger partial charge in [-0.05, 0) is 67.8 Å². The molecule has 0 bridgehead atoms. The van der Waals surface area contributed by atoms with Crippen molar-refractivity contribution in [3.8, 4) is 0 Å². The number of hydrogen-bond donors (Lipinski definition) is 2. The summed E-state index contributed by atoms with van der Waals surface area (Å²) in [5, 5.41) is 5.34. The molecule has 2 aromatic heterocycles. The third-order valence-corrected chi connectivity index (χ3v) is 5.89. The van der Waals surface area contributed by atoms with Crippen molar-refractivity contribution in [1.82, 2.24) is 14.9 Å². The molecule has 5 nitrogen and oxygen atoms in total. The number of amides is 1. The summed E-state index contributed by atoms with van der Waals surface area (Å²) in [4.78, 5) is 27.9. The number of pyridine rings is 1. The van der Waals surface area contributed by atoms with Crippen LogP contribution in [0.2, 0.25) is 0 Å². The van der Waals surface area contributed by atoms with Gasteiger partial charge in [0.25, 0.3) is 11.5 Å². The van der Waals surface area contributed by atoms with E-state index in [0.29, 0.717) is 17.7 Å². The summed E-state index contributed by atoms with van der Waals surface area (Å²) in [6.07, 6.45) is 0. The average Bonchev–Trinajstić information content (AvgIpc) is 3.01. The van der Waals surface area contributed by atoms with Crippen LogP contribution in [0, 0.1) is 27.7 Å². The topological polar surface area (TPSA) is 66.9 Å². The van der Waals surface area contributed by atoms with Crippen LogP contribution >= 0.6 is 0 Å². The van der Waals surface area contributed by atoms with Crippen LogP contribution in [0.3, 0.4) is 0 Å². The summed E-state index contributed by atoms with van der Waals surface area (Å²) in [7, 11) is 0. The SMILES string of the molecule is Cc1cc(C)c(CNC(=O)c2cc(C)n(Cc3ccc4ccccc4c3)c2C)c(=O)[nH]1. The van der Waals surface area contributed by atoms with E-state index in [0.717, 1.165) is 22.6 Å². The molecule has 0 saturated heterocycles. The second-order valence-electron chi connectivity index (χ2n) is 8.18. The molecule has 0 aliphatic carbocycles. The third-order valence-electron chi connectivity index (χ3n) is 5.89. The van der Waals surface area contributed by atoms with Crippen molar-refractivity contribution in [2.24, 2.45) is 0 Å². The fourth-order valence-corrected chi connectivity index (χ4v) is 4.16. The van der Waals surface area contributed by atoms with E-state index in [1.54, 1.807) is 0 Å². The van der Waals surface area contributed by atoms with Crippen molar-refractivity contribution in [2.75, 3.05) is 0 Å². The van der Waals surface area contributed by atoms with E-state index >= 15 is 0 Å². The molecule has 1 amide bonds. The number of nitrogens with one attached hydrogen (secondary N) is 2. The Kier molecular flexibility index (Phi) is 5.51. The van der Waals surface area contributed by atoms with Gasteiger partial charge in [0, 0.05) is 35.7 Å². The van der Waals surface area contributed by atoms with E-state index in [4.69, 9.17) is 0 Å². The lowest BCUT2D eigenvalue weighted by Gasteiger charge is -2.11. The number of aromatic amines is 1. The highest BCUT2D eigenvalue weighted by Gasteiger charge is 2.17. The number of aryl methyl sites for hydroxylation is 3. The van der Waals surface area contributed by atoms with Gasteiger partial charge in [0.1, 0.15) is 0 Å². The first-order valence-electron chi connectivity index (χ1n) is 10.5. The molecule has 0 aliphatic heterocycles. The fraction of sp³-hybridized carbons (Fsp3) is 0.231. The number of carbonyl (C=O) groups is 1. The molecule has 0 aliphatic rings. The Hall–Kier alpha value is -3.60. The maximum Gasteiger partial charge on any atom is 0.253 e. The van der Waals surface area contributed by atoms with Crippen LogP contribution in [0.25, 0.3) is 10.8 Å². The van der Waals surface area contributed by atoms with Crippen LogP contribution in [0.15, 0.2) is 59.4 Å². The molecule has 158 valence electrons. The van der Waals surface area contributed by atoms with E-state index in [-0.39, 0.29) is 18.0 Å². The molecule has 2 N–H and O–H groups in total. The number of nitrogens with zero attached hydrogens (tertiary/aromatic N) is 1. The number of fused-ring (bicyclic) bond motifs is 1. The summed E-state index contributed by atoms with van der Waals surface area (Å²) in [5.74, 6) is -0.169. The number of carbonyl (C=O) groups excluding carboxylic acids is 1. The molecule has 2 aromatic carbocycles. The van der Waals surface area contributed by atoms with Crippen molar-refractivity contribution in [3.63, 3.8) is 0 Å². The zero-order chi connectivity index (χ0) is 22.1. The minimum absolute atomic E-state index is 0.153. The first kappa shape index (κ1) is 20.7. The zero-order valence-electron chi connectivity index (χ0n) is 18.4. The highest BCUT2D eigenvalue weighted by molar-refractivity contribution is 5.95. The van der Waals surface area contributed by atoms with Gasteiger partial charge in [-0.15, -0.1) is 0 Å². The maximum atomic E-state index is 12.9. The Morgan fingerprint density at radius 1 is 0.968 bits per heavy atom. The standard InChI is InChI=1S/C26H27N3O2/c1-16-11-17(2)28-26(31)24(16)14-27-25(30)23-12-18(3)29(19(23)4)15-20-9-10-21-7-5-6-8-22(21)13-20/h5-13H,14-15H2,1-4H3,(H,27,30)(H,28,31). The minimum atomic E-state index is -0.169. The van der Waals surface area contributed by atoms with E-state index in [1.807, 2.05) is 52.0 Å². The van der Waals surface area contributed by atoms with Gasteiger partial charge >= 0.3 is 0 Å². The van der Waals surface area contributed by atoms with Crippen LogP contribution in [-0.4, -0.2) is 15.5 Å². The van der Waals surface area contributed by atoms with Gasteiger partial charge in [-0.1, -0.05) is 36.4 Å². The Morgan fingerprint density at radius 3 is 2.45 bits per heavy atom. The maximum absolute atomic E-state index is 12.9. The Bertz CT molecular complexity index is 1340. The monoisotopic (exact) mass is 413 g/mol. The van der Waals surface area contributed by atoms with Crippen molar-refractivity contribution in [2.45, 2.75) is 40.8 Å². The van der Waals surface area contributed by atoms with Gasteiger partial charge in [0.2, 0.25) is 0 Å². The molecular weight excluding hydrogens is 386 g/mol. The molecule has 0 atom stereocenters. The Morgan fingerprint density at radius 2 is 1.71 bits per heavy atom. The minimum Gasteiger partial charge on any atom is -0.348 e. The first-order chi connectivity index (χ1) is 14.8. The van der Waals surface area contributed by atoms with E-state index < -0.39 is 0 Å². The highest BCUT2D eigenvalue weighted by Crippen LogP contribution is 2.20. The van der Waals surface area contributed by atoms with Crippen LogP contribution in [-0.2, 0) is 13.1 Å². The van der Waals surface area contributed by atoms with Gasteiger partial charge in [-0.25, -0.2) is 0 Å². The molecule has 0 saturated carbocycles. The lowest BCUT2D eigenvalue weighted by atomic mass is 10.1. The van der Waals surface area contributed by atoms with Crippen LogP contribution in [0.4, 0.5) is 0 Å². The lowest BCUT2D eigenvalue weighted by molar-refractivity contribution is 0.0950. The summed E-state index contributed by atoms with van der Waals surface area (Å²) in [6.45, 7) is 8.62. The molecule has 4 rings (SSSR count). The van der Waals surface area contributed by atoms with E-state index in [1.165, 1.54) is 16.3 Å². The molecule has 0 radical (unpaired) electrons. The van der Waals surface area contributed by atoms with Crippen LogP contribution < -0.4 is 10.9 Å². The molecule has 0 spiro atoms. The lowest BCUT2D eigenvalue weighted by Crippen LogP contribution is -2.28. The summed E-state index contributed by atoms with van der Waals surface area (Å²) in [6, 6.07) is 18.6. The summed E-state index contributed by atoms with van der Waals surface area (Å²) < 4.78 is 2.16. The summed E-state index contributed by atoms with van der Waals surface area (Å²) >= 11 is 0.